The number of nitrogens with zero attached hydrogens (tertiary/aromatic N) is 2. The molecule has 0 bridgehead atoms. The van der Waals surface area contributed by atoms with E-state index in [1.54, 1.807) is 6.20 Å². The fourth-order valence-corrected chi connectivity index (χ4v) is 2.07. The Morgan fingerprint density at radius 1 is 1.29 bits per heavy atom. The van der Waals surface area contributed by atoms with Crippen LogP contribution < -0.4 is 10.6 Å². The minimum absolute atomic E-state index is 0.00161. The van der Waals surface area contributed by atoms with Gasteiger partial charge in [-0.05, 0) is 32.9 Å². The van der Waals surface area contributed by atoms with Gasteiger partial charge in [0.1, 0.15) is 0 Å². The molecule has 1 aromatic carbocycles. The predicted octanol–water partition coefficient (Wildman–Crippen LogP) is 3.04. The average Bonchev–Trinajstić information content (AvgIpc) is 2.88. The van der Waals surface area contributed by atoms with Crippen LogP contribution in [0.3, 0.4) is 0 Å². The molecule has 0 spiro atoms. The van der Waals surface area contributed by atoms with Crippen molar-refractivity contribution in [3.8, 4) is 0 Å². The first-order valence-corrected chi connectivity index (χ1v) is 7.22. The number of aromatic nitrogens is 2. The van der Waals surface area contributed by atoms with Crippen LogP contribution >= 0.6 is 0 Å². The summed E-state index contributed by atoms with van der Waals surface area (Å²) in [6.45, 7) is 6.88. The molecule has 1 aromatic heterocycles. The van der Waals surface area contributed by atoms with Gasteiger partial charge in [0.25, 0.3) is 0 Å². The van der Waals surface area contributed by atoms with Crippen molar-refractivity contribution in [2.75, 3.05) is 10.6 Å². The first-order chi connectivity index (χ1) is 10.1. The van der Waals surface area contributed by atoms with Crippen LogP contribution in [0.1, 0.15) is 25.8 Å². The van der Waals surface area contributed by atoms with Gasteiger partial charge in [0.05, 0.1) is 11.9 Å². The van der Waals surface area contributed by atoms with Crippen LogP contribution in [0, 0.1) is 6.92 Å². The fraction of sp³-hybridized carbons (Fsp3) is 0.375. The second-order valence-corrected chi connectivity index (χ2v) is 5.25. The van der Waals surface area contributed by atoms with Crippen molar-refractivity contribution in [1.29, 1.82) is 0 Å². The van der Waals surface area contributed by atoms with Crippen LogP contribution in [0.5, 0.6) is 0 Å². The second kappa shape index (κ2) is 6.92. The summed E-state index contributed by atoms with van der Waals surface area (Å²) >= 11 is 0. The average molecular weight is 286 g/mol. The molecule has 1 heterocycles. The van der Waals surface area contributed by atoms with Gasteiger partial charge >= 0.3 is 0 Å². The molecule has 112 valence electrons. The molecule has 0 aliphatic heterocycles. The van der Waals surface area contributed by atoms with E-state index in [0.29, 0.717) is 6.42 Å². The summed E-state index contributed by atoms with van der Waals surface area (Å²) in [5.74, 6) is 0.00161. The Morgan fingerprint density at radius 3 is 2.62 bits per heavy atom. The lowest BCUT2D eigenvalue weighted by Crippen LogP contribution is -2.23. The molecule has 5 heteroatoms. The zero-order valence-electron chi connectivity index (χ0n) is 12.8. The van der Waals surface area contributed by atoms with Gasteiger partial charge in [0.2, 0.25) is 5.91 Å². The maximum Gasteiger partial charge on any atom is 0.226 e. The number of carbonyl (C=O) groups excluding carboxylic acids is 1. The Labute approximate surface area is 125 Å². The van der Waals surface area contributed by atoms with Crippen LogP contribution in [0.25, 0.3) is 0 Å². The first kappa shape index (κ1) is 15.1. The van der Waals surface area contributed by atoms with E-state index in [-0.39, 0.29) is 11.9 Å². The number of nitrogens with one attached hydrogen (secondary N) is 2. The molecule has 0 fully saturated rings. The topological polar surface area (TPSA) is 59.0 Å². The van der Waals surface area contributed by atoms with Crippen LogP contribution in [0.15, 0.2) is 36.7 Å². The standard InChI is InChI=1S/C16H22N4O/c1-4-20-11-15(10-17-20)18-13(3)9-16(21)19-14-7-5-12(2)6-8-14/h5-8,10-11,13,18H,4,9H2,1-3H3,(H,19,21). The van der Waals surface area contributed by atoms with Gasteiger partial charge in [-0.25, -0.2) is 0 Å². The SMILES string of the molecule is CCn1cc(NC(C)CC(=O)Nc2ccc(C)cc2)cn1. The van der Waals surface area contributed by atoms with Crippen molar-refractivity contribution in [2.45, 2.75) is 39.8 Å². The zero-order valence-corrected chi connectivity index (χ0v) is 12.8. The molecule has 1 atom stereocenters. The van der Waals surface area contributed by atoms with Gasteiger partial charge in [-0.2, -0.15) is 5.10 Å². The molecule has 1 unspecified atom stereocenters. The van der Waals surface area contributed by atoms with Crippen molar-refractivity contribution in [3.63, 3.8) is 0 Å². The molecule has 5 nitrogen and oxygen atoms in total. The van der Waals surface area contributed by atoms with Crippen LogP contribution in [-0.4, -0.2) is 21.7 Å². The van der Waals surface area contributed by atoms with E-state index >= 15 is 0 Å². The minimum atomic E-state index is 0.00161. The fourth-order valence-electron chi connectivity index (χ4n) is 2.07. The van der Waals surface area contributed by atoms with E-state index in [0.717, 1.165) is 17.9 Å². The summed E-state index contributed by atoms with van der Waals surface area (Å²) in [5, 5.41) is 10.4. The predicted molar refractivity (Wildman–Crippen MR) is 85.4 cm³/mol. The lowest BCUT2D eigenvalue weighted by atomic mass is 10.2. The summed E-state index contributed by atoms with van der Waals surface area (Å²) in [6.07, 6.45) is 4.12. The van der Waals surface area contributed by atoms with E-state index in [4.69, 9.17) is 0 Å². The Balaban J connectivity index is 1.82. The molecule has 0 radical (unpaired) electrons. The van der Waals surface area contributed by atoms with Gasteiger partial charge in [-0.1, -0.05) is 17.7 Å². The molecular weight excluding hydrogens is 264 g/mol. The number of benzene rings is 1. The van der Waals surface area contributed by atoms with Gasteiger partial charge in [-0.3, -0.25) is 9.48 Å². The van der Waals surface area contributed by atoms with E-state index in [1.165, 1.54) is 5.56 Å². The molecule has 0 aliphatic rings. The van der Waals surface area contributed by atoms with Gasteiger partial charge in [0, 0.05) is 30.9 Å². The maximum absolute atomic E-state index is 12.0. The minimum Gasteiger partial charge on any atom is -0.380 e. The van der Waals surface area contributed by atoms with Crippen molar-refractivity contribution in [2.24, 2.45) is 0 Å². The molecule has 1 amide bonds. The molecule has 0 saturated heterocycles. The highest BCUT2D eigenvalue weighted by Gasteiger charge is 2.10. The molecule has 0 saturated carbocycles. The van der Waals surface area contributed by atoms with E-state index < -0.39 is 0 Å². The normalized spacial score (nSPS) is 12.0. The molecule has 21 heavy (non-hydrogen) atoms. The monoisotopic (exact) mass is 286 g/mol. The number of hydrogen-bond donors (Lipinski definition) is 2. The third-order valence-electron chi connectivity index (χ3n) is 3.20. The third kappa shape index (κ3) is 4.63. The molecule has 2 rings (SSSR count). The van der Waals surface area contributed by atoms with Gasteiger partial charge < -0.3 is 10.6 Å². The third-order valence-corrected chi connectivity index (χ3v) is 3.20. The van der Waals surface area contributed by atoms with Crippen molar-refractivity contribution in [3.05, 3.63) is 42.2 Å². The number of anilines is 2. The van der Waals surface area contributed by atoms with Crippen molar-refractivity contribution < 1.29 is 4.79 Å². The maximum atomic E-state index is 12.0. The smallest absolute Gasteiger partial charge is 0.226 e. The summed E-state index contributed by atoms with van der Waals surface area (Å²) in [7, 11) is 0. The van der Waals surface area contributed by atoms with E-state index in [9.17, 15) is 4.79 Å². The Kier molecular flexibility index (Phi) is 4.98. The Morgan fingerprint density at radius 2 is 2.00 bits per heavy atom. The molecule has 2 aromatic rings. The Bertz CT molecular complexity index is 589. The van der Waals surface area contributed by atoms with Crippen LogP contribution in [0.4, 0.5) is 11.4 Å². The summed E-state index contributed by atoms with van der Waals surface area (Å²) in [5.41, 5.74) is 2.94. The number of aryl methyl sites for hydroxylation is 2. The number of carbonyl (C=O) groups is 1. The lowest BCUT2D eigenvalue weighted by molar-refractivity contribution is -0.116. The number of hydrogen-bond acceptors (Lipinski definition) is 3. The lowest BCUT2D eigenvalue weighted by Gasteiger charge is -2.13. The summed E-state index contributed by atoms with van der Waals surface area (Å²) < 4.78 is 1.85. The number of amides is 1. The number of rotatable bonds is 6. The van der Waals surface area contributed by atoms with Gasteiger partial charge in [-0.15, -0.1) is 0 Å². The Hall–Kier alpha value is -2.30. The molecule has 2 N–H and O–H groups in total. The first-order valence-electron chi connectivity index (χ1n) is 7.22. The molecule has 0 aliphatic carbocycles. The second-order valence-electron chi connectivity index (χ2n) is 5.25. The highest BCUT2D eigenvalue weighted by atomic mass is 16.1. The summed E-state index contributed by atoms with van der Waals surface area (Å²) in [4.78, 5) is 12.0. The largest absolute Gasteiger partial charge is 0.380 e. The van der Waals surface area contributed by atoms with Gasteiger partial charge in [0.15, 0.2) is 0 Å². The van der Waals surface area contributed by atoms with Crippen molar-refractivity contribution >= 4 is 17.3 Å². The van der Waals surface area contributed by atoms with Crippen molar-refractivity contribution in [1.82, 2.24) is 9.78 Å². The highest BCUT2D eigenvalue weighted by molar-refractivity contribution is 5.91. The van der Waals surface area contributed by atoms with Crippen LogP contribution in [0.2, 0.25) is 0 Å². The highest BCUT2D eigenvalue weighted by Crippen LogP contribution is 2.11. The molecular formula is C16H22N4O. The van der Waals surface area contributed by atoms with E-state index in [1.807, 2.05) is 55.9 Å². The quantitative estimate of drug-likeness (QED) is 0.858. The van der Waals surface area contributed by atoms with E-state index in [2.05, 4.69) is 15.7 Å². The summed E-state index contributed by atoms with van der Waals surface area (Å²) in [6, 6.07) is 7.84. The zero-order chi connectivity index (χ0) is 15.2. The van der Waals surface area contributed by atoms with Crippen LogP contribution in [-0.2, 0) is 11.3 Å².